The van der Waals surface area contributed by atoms with E-state index in [9.17, 15) is 14.9 Å². The Balaban J connectivity index is 1.89. The van der Waals surface area contributed by atoms with Crippen molar-refractivity contribution in [3.8, 4) is 16.9 Å². The average molecular weight is 477 g/mol. The van der Waals surface area contributed by atoms with Gasteiger partial charge in [-0.05, 0) is 37.3 Å². The van der Waals surface area contributed by atoms with Gasteiger partial charge in [-0.3, -0.25) is 25.0 Å². The molecule has 0 spiro atoms. The highest BCUT2D eigenvalue weighted by Crippen LogP contribution is 2.24. The third-order valence-corrected chi connectivity index (χ3v) is 5.23. The zero-order valence-electron chi connectivity index (χ0n) is 16.4. The van der Waals surface area contributed by atoms with E-state index >= 15 is 0 Å². The van der Waals surface area contributed by atoms with E-state index in [2.05, 4.69) is 26.0 Å². The third kappa shape index (κ3) is 4.24. The van der Waals surface area contributed by atoms with Gasteiger partial charge in [0.2, 0.25) is 0 Å². The minimum Gasteiger partial charge on any atom is -0.290 e. The number of hydrogen-bond donors (Lipinski definition) is 1. The maximum atomic E-state index is 13.4. The molecule has 0 aliphatic rings. The largest absolute Gasteiger partial charge is 0.290 e. The van der Waals surface area contributed by atoms with E-state index < -0.39 is 4.92 Å². The van der Waals surface area contributed by atoms with E-state index in [1.807, 2.05) is 54.6 Å². The molecule has 0 radical (unpaired) electrons. The first-order valence-corrected chi connectivity index (χ1v) is 10.2. The molecule has 1 N–H and O–H groups in total. The van der Waals surface area contributed by atoms with Gasteiger partial charge >= 0.3 is 0 Å². The summed E-state index contributed by atoms with van der Waals surface area (Å²) in [6, 6.07) is 22.8. The Morgan fingerprint density at radius 1 is 1.03 bits per heavy atom. The van der Waals surface area contributed by atoms with Crippen molar-refractivity contribution in [1.29, 1.82) is 0 Å². The molecular formula is C23H17BrN4O3. The molecule has 0 aliphatic carbocycles. The fourth-order valence-corrected chi connectivity index (χ4v) is 3.67. The van der Waals surface area contributed by atoms with E-state index in [1.54, 1.807) is 6.92 Å². The zero-order chi connectivity index (χ0) is 22.0. The van der Waals surface area contributed by atoms with Crippen LogP contribution in [0.15, 0.2) is 93.1 Å². The van der Waals surface area contributed by atoms with E-state index in [0.717, 1.165) is 10.0 Å². The average Bonchev–Trinajstić information content (AvgIpc) is 3.11. The molecule has 0 unspecified atom stereocenters. The van der Waals surface area contributed by atoms with Gasteiger partial charge in [0.25, 0.3) is 11.2 Å². The van der Waals surface area contributed by atoms with Crippen molar-refractivity contribution in [3.05, 3.63) is 109 Å². The van der Waals surface area contributed by atoms with Gasteiger partial charge in [0.05, 0.1) is 33.3 Å². The molecule has 0 saturated heterocycles. The van der Waals surface area contributed by atoms with Crippen molar-refractivity contribution in [3.63, 3.8) is 0 Å². The molecule has 4 rings (SSSR count). The van der Waals surface area contributed by atoms with E-state index in [-0.39, 0.29) is 11.2 Å². The molecule has 0 saturated carbocycles. The second-order valence-electron chi connectivity index (χ2n) is 6.82. The standard InChI is InChI=1S/C23H17BrN4O3/c1-15(25-18-9-5-8-17(24)14-18)21-22(16-6-3-2-4-7-16)26-27(23(21)29)19-10-12-20(13-11-19)28(30)31/h2-14,26H,1H3. The number of aliphatic imine (C=N–C) groups is 1. The van der Waals surface area contributed by atoms with Crippen LogP contribution in [0.25, 0.3) is 16.9 Å². The summed E-state index contributed by atoms with van der Waals surface area (Å²) in [7, 11) is 0. The number of nitro benzene ring substituents is 1. The van der Waals surface area contributed by atoms with Crippen molar-refractivity contribution in [2.45, 2.75) is 6.92 Å². The summed E-state index contributed by atoms with van der Waals surface area (Å²) in [5, 5.41) is 14.1. The number of rotatable bonds is 5. The van der Waals surface area contributed by atoms with Crippen LogP contribution < -0.4 is 5.56 Å². The number of hydrogen-bond acceptors (Lipinski definition) is 4. The molecule has 31 heavy (non-hydrogen) atoms. The topological polar surface area (TPSA) is 93.3 Å². The van der Waals surface area contributed by atoms with Gasteiger partial charge in [0.15, 0.2) is 0 Å². The minimum atomic E-state index is -0.475. The second kappa shape index (κ2) is 8.53. The number of nitrogens with zero attached hydrogens (tertiary/aromatic N) is 3. The van der Waals surface area contributed by atoms with Crippen LogP contribution in [0.2, 0.25) is 0 Å². The number of halogens is 1. The maximum absolute atomic E-state index is 13.4. The van der Waals surface area contributed by atoms with Crippen LogP contribution in [0.5, 0.6) is 0 Å². The first kappa shape index (κ1) is 20.5. The Hall–Kier alpha value is -3.78. The van der Waals surface area contributed by atoms with Gasteiger partial charge < -0.3 is 0 Å². The molecule has 0 bridgehead atoms. The molecule has 1 heterocycles. The van der Waals surface area contributed by atoms with Crippen molar-refractivity contribution < 1.29 is 4.92 Å². The monoisotopic (exact) mass is 476 g/mol. The number of H-pyrrole nitrogens is 1. The highest BCUT2D eigenvalue weighted by atomic mass is 79.9. The number of nitro groups is 1. The minimum absolute atomic E-state index is 0.0424. The van der Waals surface area contributed by atoms with Gasteiger partial charge in [-0.25, -0.2) is 4.68 Å². The summed E-state index contributed by atoms with van der Waals surface area (Å²) in [5.41, 5.74) is 3.33. The molecule has 4 aromatic rings. The molecule has 0 fully saturated rings. The van der Waals surface area contributed by atoms with Gasteiger partial charge in [0.1, 0.15) is 0 Å². The Morgan fingerprint density at radius 3 is 2.39 bits per heavy atom. The van der Waals surface area contributed by atoms with Gasteiger partial charge in [-0.2, -0.15) is 0 Å². The number of aromatic nitrogens is 2. The Kier molecular flexibility index (Phi) is 5.64. The maximum Gasteiger partial charge on any atom is 0.280 e. The van der Waals surface area contributed by atoms with Crippen LogP contribution in [0.4, 0.5) is 11.4 Å². The molecule has 154 valence electrons. The fraction of sp³-hybridized carbons (Fsp3) is 0.0435. The van der Waals surface area contributed by atoms with Crippen LogP contribution in [-0.4, -0.2) is 20.4 Å². The van der Waals surface area contributed by atoms with Gasteiger partial charge in [-0.1, -0.05) is 52.3 Å². The number of nitrogens with one attached hydrogen (secondary N) is 1. The molecular weight excluding hydrogens is 460 g/mol. The molecule has 0 atom stereocenters. The van der Waals surface area contributed by atoms with Crippen molar-refractivity contribution in [2.75, 3.05) is 0 Å². The Morgan fingerprint density at radius 2 is 1.74 bits per heavy atom. The van der Waals surface area contributed by atoms with Crippen LogP contribution in [0.1, 0.15) is 12.5 Å². The molecule has 0 amide bonds. The zero-order valence-corrected chi connectivity index (χ0v) is 18.0. The molecule has 0 aliphatic heterocycles. The molecule has 1 aromatic heterocycles. The molecule has 7 nitrogen and oxygen atoms in total. The van der Waals surface area contributed by atoms with E-state index in [1.165, 1.54) is 28.9 Å². The quantitative estimate of drug-likeness (QED) is 0.229. The first-order chi connectivity index (χ1) is 14.9. The van der Waals surface area contributed by atoms with Gasteiger partial charge in [0, 0.05) is 22.2 Å². The highest BCUT2D eigenvalue weighted by Gasteiger charge is 2.19. The summed E-state index contributed by atoms with van der Waals surface area (Å²) in [6.07, 6.45) is 0. The predicted molar refractivity (Wildman–Crippen MR) is 124 cm³/mol. The number of aromatic amines is 1. The van der Waals surface area contributed by atoms with E-state index in [0.29, 0.717) is 28.3 Å². The summed E-state index contributed by atoms with van der Waals surface area (Å²) in [4.78, 5) is 28.5. The number of benzene rings is 3. The Labute approximate surface area is 186 Å². The lowest BCUT2D eigenvalue weighted by atomic mass is 10.1. The van der Waals surface area contributed by atoms with Crippen LogP contribution in [0, 0.1) is 10.1 Å². The summed E-state index contributed by atoms with van der Waals surface area (Å²) in [5.74, 6) is 0. The Bertz CT molecular complexity index is 1340. The normalized spacial score (nSPS) is 11.5. The van der Waals surface area contributed by atoms with Crippen LogP contribution in [0.3, 0.4) is 0 Å². The highest BCUT2D eigenvalue weighted by molar-refractivity contribution is 9.10. The van der Waals surface area contributed by atoms with Gasteiger partial charge in [-0.15, -0.1) is 0 Å². The van der Waals surface area contributed by atoms with Crippen molar-refractivity contribution in [2.24, 2.45) is 4.99 Å². The summed E-state index contributed by atoms with van der Waals surface area (Å²) in [6.45, 7) is 1.79. The first-order valence-electron chi connectivity index (χ1n) is 9.40. The fourth-order valence-electron chi connectivity index (χ4n) is 3.29. The molecule has 8 heteroatoms. The van der Waals surface area contributed by atoms with Crippen LogP contribution >= 0.6 is 15.9 Å². The van der Waals surface area contributed by atoms with E-state index in [4.69, 9.17) is 0 Å². The smallest absolute Gasteiger partial charge is 0.280 e. The van der Waals surface area contributed by atoms with Crippen molar-refractivity contribution in [1.82, 2.24) is 9.78 Å². The summed E-state index contributed by atoms with van der Waals surface area (Å²) < 4.78 is 2.27. The summed E-state index contributed by atoms with van der Waals surface area (Å²) >= 11 is 3.44. The molecule has 3 aromatic carbocycles. The predicted octanol–water partition coefficient (Wildman–Crippen LogP) is 5.64. The van der Waals surface area contributed by atoms with Crippen LogP contribution in [-0.2, 0) is 0 Å². The second-order valence-corrected chi connectivity index (χ2v) is 7.73. The third-order valence-electron chi connectivity index (χ3n) is 4.74. The SMILES string of the molecule is CC(=Nc1cccc(Br)c1)c1c(-c2ccccc2)[nH]n(-c2ccc([N+](=O)[O-])cc2)c1=O. The number of non-ortho nitro benzene ring substituents is 1. The lowest BCUT2D eigenvalue weighted by molar-refractivity contribution is -0.384. The lowest BCUT2D eigenvalue weighted by Crippen LogP contribution is -2.19. The lowest BCUT2D eigenvalue weighted by Gasteiger charge is -2.03. The van der Waals surface area contributed by atoms with Crippen molar-refractivity contribution >= 4 is 33.0 Å².